The van der Waals surface area contributed by atoms with Crippen molar-refractivity contribution in [1.82, 2.24) is 9.88 Å². The highest BCUT2D eigenvalue weighted by atomic mass is 16.2. The molecule has 1 atom stereocenters. The van der Waals surface area contributed by atoms with Crippen molar-refractivity contribution >= 4 is 28.4 Å². The molecule has 2 aromatic rings. The maximum absolute atomic E-state index is 12.1. The molecule has 5 nitrogen and oxygen atoms in total. The Morgan fingerprint density at radius 1 is 1.25 bits per heavy atom. The number of pyridine rings is 1. The molecule has 102 valence electrons. The first-order valence-corrected chi connectivity index (χ1v) is 6.57. The number of amides is 2. The topological polar surface area (TPSA) is 62.3 Å². The lowest BCUT2D eigenvalue weighted by Gasteiger charge is -2.28. The number of fused-ring (bicyclic) bond motifs is 1. The third kappa shape index (κ3) is 2.11. The number of imide groups is 1. The summed E-state index contributed by atoms with van der Waals surface area (Å²) in [5, 5.41) is 5.21. The van der Waals surface area contributed by atoms with Crippen LogP contribution in [0.25, 0.3) is 10.8 Å². The van der Waals surface area contributed by atoms with Crippen LogP contribution in [0.15, 0.2) is 36.5 Å². The van der Waals surface area contributed by atoms with Gasteiger partial charge in [-0.25, -0.2) is 4.98 Å². The van der Waals surface area contributed by atoms with Crippen molar-refractivity contribution in [2.75, 3.05) is 12.4 Å². The Bertz CT molecular complexity index is 678. The van der Waals surface area contributed by atoms with Crippen LogP contribution < -0.4 is 5.32 Å². The van der Waals surface area contributed by atoms with E-state index in [-0.39, 0.29) is 11.8 Å². The molecular weight excluding hydrogens is 254 g/mol. The molecule has 5 heteroatoms. The number of carbonyl (C=O) groups is 2. The van der Waals surface area contributed by atoms with Crippen LogP contribution in [0, 0.1) is 0 Å². The first-order chi connectivity index (χ1) is 9.66. The lowest BCUT2D eigenvalue weighted by atomic mass is 10.0. The lowest BCUT2D eigenvalue weighted by Crippen LogP contribution is -2.48. The van der Waals surface area contributed by atoms with Crippen molar-refractivity contribution in [3.63, 3.8) is 0 Å². The predicted octanol–water partition coefficient (Wildman–Crippen LogP) is 1.79. The number of hydrogen-bond acceptors (Lipinski definition) is 4. The van der Waals surface area contributed by atoms with Crippen molar-refractivity contribution < 1.29 is 9.59 Å². The number of aromatic nitrogens is 1. The molecule has 1 aliphatic rings. The molecule has 1 fully saturated rings. The number of nitrogens with one attached hydrogen (secondary N) is 1. The smallest absolute Gasteiger partial charge is 0.251 e. The molecule has 0 spiro atoms. The summed E-state index contributed by atoms with van der Waals surface area (Å²) in [6.07, 6.45) is 2.60. The molecule has 3 rings (SSSR count). The SMILES string of the molecule is CN1C(=O)CCC(Nc2nccc3ccccc23)C1=O. The molecule has 1 saturated heterocycles. The molecule has 2 amide bonds. The Balaban J connectivity index is 1.90. The van der Waals surface area contributed by atoms with E-state index in [0.29, 0.717) is 18.7 Å². The number of hydrogen-bond donors (Lipinski definition) is 1. The first kappa shape index (κ1) is 12.6. The highest BCUT2D eigenvalue weighted by Gasteiger charge is 2.31. The fourth-order valence-electron chi connectivity index (χ4n) is 2.45. The summed E-state index contributed by atoms with van der Waals surface area (Å²) < 4.78 is 0. The molecule has 1 aromatic heterocycles. The van der Waals surface area contributed by atoms with Gasteiger partial charge in [0.15, 0.2) is 0 Å². The van der Waals surface area contributed by atoms with E-state index in [1.807, 2.05) is 30.3 Å². The van der Waals surface area contributed by atoms with Gasteiger partial charge in [0.1, 0.15) is 11.9 Å². The Morgan fingerprint density at radius 3 is 2.90 bits per heavy atom. The Kier molecular flexibility index (Phi) is 3.10. The largest absolute Gasteiger partial charge is 0.358 e. The fraction of sp³-hybridized carbons (Fsp3) is 0.267. The molecule has 1 aliphatic heterocycles. The van der Waals surface area contributed by atoms with E-state index in [9.17, 15) is 9.59 Å². The number of nitrogens with zero attached hydrogens (tertiary/aromatic N) is 2. The molecule has 0 saturated carbocycles. The van der Waals surface area contributed by atoms with E-state index in [1.165, 1.54) is 11.9 Å². The van der Waals surface area contributed by atoms with Crippen LogP contribution in [-0.4, -0.2) is 34.8 Å². The standard InChI is InChI=1S/C15H15N3O2/c1-18-13(19)7-6-12(15(18)20)17-14-11-5-3-2-4-10(11)8-9-16-14/h2-5,8-9,12H,6-7H2,1H3,(H,16,17). The fourth-order valence-corrected chi connectivity index (χ4v) is 2.45. The van der Waals surface area contributed by atoms with E-state index in [2.05, 4.69) is 10.3 Å². The molecule has 1 N–H and O–H groups in total. The summed E-state index contributed by atoms with van der Waals surface area (Å²) in [4.78, 5) is 29.1. The molecule has 20 heavy (non-hydrogen) atoms. The second-order valence-electron chi connectivity index (χ2n) is 4.91. The molecular formula is C15H15N3O2. The number of anilines is 1. The quantitative estimate of drug-likeness (QED) is 0.844. The second-order valence-corrected chi connectivity index (χ2v) is 4.91. The van der Waals surface area contributed by atoms with E-state index in [0.717, 1.165) is 10.8 Å². The number of rotatable bonds is 2. The molecule has 0 radical (unpaired) electrons. The van der Waals surface area contributed by atoms with Gasteiger partial charge in [-0.1, -0.05) is 24.3 Å². The van der Waals surface area contributed by atoms with E-state index in [1.54, 1.807) is 6.20 Å². The summed E-state index contributed by atoms with van der Waals surface area (Å²) in [5.41, 5.74) is 0. The van der Waals surface area contributed by atoms with Gasteiger partial charge in [-0.05, 0) is 17.9 Å². The second kappa shape index (κ2) is 4.92. The highest BCUT2D eigenvalue weighted by Crippen LogP contribution is 2.23. The molecule has 1 unspecified atom stereocenters. The monoisotopic (exact) mass is 269 g/mol. The van der Waals surface area contributed by atoms with Crippen LogP contribution in [0.3, 0.4) is 0 Å². The van der Waals surface area contributed by atoms with Gasteiger partial charge in [0.2, 0.25) is 5.91 Å². The summed E-state index contributed by atoms with van der Waals surface area (Å²) in [7, 11) is 1.52. The number of likely N-dealkylation sites (N-methyl/N-ethyl adjacent to an activating group) is 1. The molecule has 0 bridgehead atoms. The Hall–Kier alpha value is -2.43. The zero-order valence-corrected chi connectivity index (χ0v) is 11.2. The van der Waals surface area contributed by atoms with Gasteiger partial charge in [-0.2, -0.15) is 0 Å². The minimum absolute atomic E-state index is 0.126. The van der Waals surface area contributed by atoms with Gasteiger partial charge in [0.25, 0.3) is 5.91 Å². The Labute approximate surface area is 116 Å². The Morgan fingerprint density at radius 2 is 2.05 bits per heavy atom. The van der Waals surface area contributed by atoms with Crippen molar-refractivity contribution in [3.05, 3.63) is 36.5 Å². The number of benzene rings is 1. The summed E-state index contributed by atoms with van der Waals surface area (Å²) in [6, 6.07) is 9.40. The van der Waals surface area contributed by atoms with Crippen molar-refractivity contribution in [1.29, 1.82) is 0 Å². The van der Waals surface area contributed by atoms with Gasteiger partial charge in [-0.3, -0.25) is 14.5 Å². The summed E-state index contributed by atoms with van der Waals surface area (Å²) in [5.74, 6) is 0.360. The van der Waals surface area contributed by atoms with Gasteiger partial charge in [0.05, 0.1) is 0 Å². The third-order valence-corrected chi connectivity index (χ3v) is 3.63. The predicted molar refractivity (Wildman–Crippen MR) is 76.2 cm³/mol. The van der Waals surface area contributed by atoms with Gasteiger partial charge >= 0.3 is 0 Å². The molecule has 0 aliphatic carbocycles. The average molecular weight is 269 g/mol. The minimum atomic E-state index is -0.393. The van der Waals surface area contributed by atoms with Crippen LogP contribution >= 0.6 is 0 Å². The summed E-state index contributed by atoms with van der Waals surface area (Å²) in [6.45, 7) is 0. The normalized spacial score (nSPS) is 19.4. The van der Waals surface area contributed by atoms with Gasteiger partial charge in [-0.15, -0.1) is 0 Å². The van der Waals surface area contributed by atoms with Gasteiger partial charge < -0.3 is 5.32 Å². The van der Waals surface area contributed by atoms with Crippen LogP contribution in [0.4, 0.5) is 5.82 Å². The van der Waals surface area contributed by atoms with Crippen molar-refractivity contribution in [2.45, 2.75) is 18.9 Å². The maximum Gasteiger partial charge on any atom is 0.251 e. The zero-order valence-electron chi connectivity index (χ0n) is 11.2. The lowest BCUT2D eigenvalue weighted by molar-refractivity contribution is -0.146. The van der Waals surface area contributed by atoms with E-state index >= 15 is 0 Å². The van der Waals surface area contributed by atoms with Crippen molar-refractivity contribution in [3.8, 4) is 0 Å². The maximum atomic E-state index is 12.1. The van der Waals surface area contributed by atoms with Crippen LogP contribution in [-0.2, 0) is 9.59 Å². The highest BCUT2D eigenvalue weighted by molar-refractivity contribution is 6.02. The number of likely N-dealkylation sites (tertiary alicyclic amines) is 1. The van der Waals surface area contributed by atoms with E-state index in [4.69, 9.17) is 0 Å². The van der Waals surface area contributed by atoms with Crippen LogP contribution in [0.1, 0.15) is 12.8 Å². The van der Waals surface area contributed by atoms with Crippen LogP contribution in [0.2, 0.25) is 0 Å². The minimum Gasteiger partial charge on any atom is -0.358 e. The number of carbonyl (C=O) groups excluding carboxylic acids is 2. The average Bonchev–Trinajstić information content (AvgIpc) is 2.48. The first-order valence-electron chi connectivity index (χ1n) is 6.57. The van der Waals surface area contributed by atoms with E-state index < -0.39 is 6.04 Å². The number of piperidine rings is 1. The summed E-state index contributed by atoms with van der Waals surface area (Å²) >= 11 is 0. The van der Waals surface area contributed by atoms with Crippen LogP contribution in [0.5, 0.6) is 0 Å². The zero-order chi connectivity index (χ0) is 14.1. The molecule has 1 aromatic carbocycles. The van der Waals surface area contributed by atoms with Crippen molar-refractivity contribution in [2.24, 2.45) is 0 Å². The molecule has 2 heterocycles. The third-order valence-electron chi connectivity index (χ3n) is 3.63. The van der Waals surface area contributed by atoms with Gasteiger partial charge in [0, 0.05) is 25.1 Å².